The van der Waals surface area contributed by atoms with Crippen LogP contribution in [0.25, 0.3) is 11.4 Å². The highest BCUT2D eigenvalue weighted by Gasteiger charge is 2.21. The van der Waals surface area contributed by atoms with Gasteiger partial charge in [-0.3, -0.25) is 0 Å². The van der Waals surface area contributed by atoms with Gasteiger partial charge in [-0.25, -0.2) is 0 Å². The summed E-state index contributed by atoms with van der Waals surface area (Å²) in [5.41, 5.74) is 6.89. The van der Waals surface area contributed by atoms with Crippen molar-refractivity contribution < 1.29 is 9.26 Å². The predicted molar refractivity (Wildman–Crippen MR) is 72.7 cm³/mol. The van der Waals surface area contributed by atoms with Gasteiger partial charge in [-0.2, -0.15) is 4.98 Å². The van der Waals surface area contributed by atoms with E-state index < -0.39 is 0 Å². The smallest absolute Gasteiger partial charge is 0.244 e. The summed E-state index contributed by atoms with van der Waals surface area (Å²) in [6.07, 6.45) is 0.966. The molecule has 2 aromatic rings. The molecule has 1 aromatic heterocycles. The van der Waals surface area contributed by atoms with Crippen molar-refractivity contribution in [2.45, 2.75) is 26.3 Å². The highest BCUT2D eigenvalue weighted by atomic mass is 16.5. The fourth-order valence-corrected chi connectivity index (χ4v) is 1.81. The molecule has 0 aliphatic rings. The largest absolute Gasteiger partial charge is 0.496 e. The van der Waals surface area contributed by atoms with Crippen LogP contribution in [0.3, 0.4) is 0 Å². The van der Waals surface area contributed by atoms with Crippen LogP contribution in [0.2, 0.25) is 0 Å². The van der Waals surface area contributed by atoms with E-state index in [1.807, 2.05) is 24.3 Å². The molecule has 1 aromatic carbocycles. The number of methoxy groups -OCH3 is 1. The summed E-state index contributed by atoms with van der Waals surface area (Å²) in [5, 5.41) is 3.99. The maximum Gasteiger partial charge on any atom is 0.244 e. The Morgan fingerprint density at radius 2 is 2.11 bits per heavy atom. The number of aromatic nitrogens is 2. The molecule has 0 fully saturated rings. The molecule has 0 aliphatic carbocycles. The molecule has 5 heteroatoms. The standard InChI is InChI=1S/C14H19N3O2/c1-4-9(2)12(15)14-16-13(17-19-14)10-7-5-6-8-11(10)18-3/h5-9,12H,4,15H2,1-3H3/t9?,12-/m0/s1. The van der Waals surface area contributed by atoms with Gasteiger partial charge >= 0.3 is 0 Å². The zero-order chi connectivity index (χ0) is 13.8. The molecule has 0 radical (unpaired) electrons. The zero-order valence-electron chi connectivity index (χ0n) is 11.5. The van der Waals surface area contributed by atoms with Crippen LogP contribution in [0, 0.1) is 5.92 Å². The van der Waals surface area contributed by atoms with E-state index in [9.17, 15) is 0 Å². The van der Waals surface area contributed by atoms with Crippen molar-refractivity contribution in [3.8, 4) is 17.1 Å². The van der Waals surface area contributed by atoms with Gasteiger partial charge in [0.1, 0.15) is 5.75 Å². The molecule has 1 heterocycles. The highest BCUT2D eigenvalue weighted by molar-refractivity contribution is 5.63. The predicted octanol–water partition coefficient (Wildman–Crippen LogP) is 2.79. The minimum absolute atomic E-state index is 0.235. The molecule has 0 saturated carbocycles. The van der Waals surface area contributed by atoms with Crippen molar-refractivity contribution in [1.82, 2.24) is 10.1 Å². The second kappa shape index (κ2) is 5.84. The van der Waals surface area contributed by atoms with Gasteiger partial charge in [0.2, 0.25) is 11.7 Å². The van der Waals surface area contributed by atoms with Gasteiger partial charge in [0.05, 0.1) is 18.7 Å². The molecule has 0 spiro atoms. The lowest BCUT2D eigenvalue weighted by Gasteiger charge is -2.13. The van der Waals surface area contributed by atoms with Crippen LogP contribution in [-0.4, -0.2) is 17.3 Å². The quantitative estimate of drug-likeness (QED) is 0.895. The van der Waals surface area contributed by atoms with Crippen molar-refractivity contribution >= 4 is 0 Å². The van der Waals surface area contributed by atoms with Crippen molar-refractivity contribution in [3.63, 3.8) is 0 Å². The van der Waals surface area contributed by atoms with Gasteiger partial charge in [-0.15, -0.1) is 0 Å². The van der Waals surface area contributed by atoms with Gasteiger partial charge in [-0.1, -0.05) is 37.6 Å². The lowest BCUT2D eigenvalue weighted by molar-refractivity contribution is 0.312. The van der Waals surface area contributed by atoms with Crippen LogP contribution in [0.4, 0.5) is 0 Å². The fraction of sp³-hybridized carbons (Fsp3) is 0.429. The van der Waals surface area contributed by atoms with E-state index in [-0.39, 0.29) is 6.04 Å². The van der Waals surface area contributed by atoms with Crippen LogP contribution in [0.15, 0.2) is 28.8 Å². The maximum atomic E-state index is 6.08. The van der Waals surface area contributed by atoms with Crippen LogP contribution < -0.4 is 10.5 Å². The average Bonchev–Trinajstić information content (AvgIpc) is 2.95. The molecule has 5 nitrogen and oxygen atoms in total. The SMILES string of the molecule is CCC(C)[C@H](N)c1nc(-c2ccccc2OC)no1. The van der Waals surface area contributed by atoms with E-state index in [0.29, 0.717) is 23.4 Å². The molecule has 19 heavy (non-hydrogen) atoms. The molecular formula is C14H19N3O2. The number of nitrogens with two attached hydrogens (primary N) is 1. The Hall–Kier alpha value is -1.88. The zero-order valence-corrected chi connectivity index (χ0v) is 11.5. The lowest BCUT2D eigenvalue weighted by atomic mass is 10.0. The summed E-state index contributed by atoms with van der Waals surface area (Å²) in [5.74, 6) is 1.99. The summed E-state index contributed by atoms with van der Waals surface area (Å²) in [4.78, 5) is 4.38. The molecule has 2 N–H and O–H groups in total. The van der Waals surface area contributed by atoms with E-state index in [4.69, 9.17) is 15.0 Å². The van der Waals surface area contributed by atoms with E-state index in [2.05, 4.69) is 24.0 Å². The Kier molecular flexibility index (Phi) is 4.16. The van der Waals surface area contributed by atoms with Crippen LogP contribution in [-0.2, 0) is 0 Å². The summed E-state index contributed by atoms with van der Waals surface area (Å²) in [6, 6.07) is 7.32. The third-order valence-electron chi connectivity index (χ3n) is 3.33. The van der Waals surface area contributed by atoms with Gasteiger partial charge in [-0.05, 0) is 18.1 Å². The van der Waals surface area contributed by atoms with E-state index >= 15 is 0 Å². The second-order valence-electron chi connectivity index (χ2n) is 4.57. The summed E-state index contributed by atoms with van der Waals surface area (Å²) in [6.45, 7) is 4.15. The van der Waals surface area contributed by atoms with Crippen molar-refractivity contribution in [2.75, 3.05) is 7.11 Å². The number of benzene rings is 1. The summed E-state index contributed by atoms with van der Waals surface area (Å²) < 4.78 is 10.5. The molecule has 2 rings (SSSR count). The van der Waals surface area contributed by atoms with Crippen molar-refractivity contribution in [2.24, 2.45) is 11.7 Å². The first-order chi connectivity index (χ1) is 9.17. The molecule has 2 atom stereocenters. The number of hydrogen-bond acceptors (Lipinski definition) is 5. The number of rotatable bonds is 5. The third-order valence-corrected chi connectivity index (χ3v) is 3.33. The Labute approximate surface area is 112 Å². The van der Waals surface area contributed by atoms with Crippen LogP contribution in [0.5, 0.6) is 5.75 Å². The molecule has 1 unspecified atom stereocenters. The normalized spacial score (nSPS) is 14.1. The second-order valence-corrected chi connectivity index (χ2v) is 4.57. The molecule has 0 amide bonds. The number of para-hydroxylation sites is 1. The van der Waals surface area contributed by atoms with Crippen LogP contribution >= 0.6 is 0 Å². The molecule has 0 aliphatic heterocycles. The first-order valence-corrected chi connectivity index (χ1v) is 6.40. The molecule has 0 bridgehead atoms. The van der Waals surface area contributed by atoms with Gasteiger partial charge in [0.15, 0.2) is 0 Å². The molecule has 102 valence electrons. The van der Waals surface area contributed by atoms with E-state index in [1.165, 1.54) is 0 Å². The monoisotopic (exact) mass is 261 g/mol. The van der Waals surface area contributed by atoms with E-state index in [0.717, 1.165) is 12.0 Å². The average molecular weight is 261 g/mol. The van der Waals surface area contributed by atoms with Gasteiger partial charge in [0, 0.05) is 0 Å². The fourth-order valence-electron chi connectivity index (χ4n) is 1.81. The first kappa shape index (κ1) is 13.5. The van der Waals surface area contributed by atoms with Crippen molar-refractivity contribution in [3.05, 3.63) is 30.2 Å². The minimum Gasteiger partial charge on any atom is -0.496 e. The Bertz CT molecular complexity index is 539. The highest BCUT2D eigenvalue weighted by Crippen LogP contribution is 2.29. The molecular weight excluding hydrogens is 242 g/mol. The first-order valence-electron chi connectivity index (χ1n) is 6.40. The Morgan fingerprint density at radius 3 is 2.79 bits per heavy atom. The van der Waals surface area contributed by atoms with Crippen molar-refractivity contribution in [1.29, 1.82) is 0 Å². The topological polar surface area (TPSA) is 74.2 Å². The van der Waals surface area contributed by atoms with Gasteiger partial charge in [0.25, 0.3) is 0 Å². The minimum atomic E-state index is -0.235. The maximum absolute atomic E-state index is 6.08. The number of nitrogens with zero attached hydrogens (tertiary/aromatic N) is 2. The lowest BCUT2D eigenvalue weighted by Crippen LogP contribution is -2.18. The summed E-state index contributed by atoms with van der Waals surface area (Å²) in [7, 11) is 1.62. The van der Waals surface area contributed by atoms with Crippen LogP contribution in [0.1, 0.15) is 32.2 Å². The Balaban J connectivity index is 2.30. The van der Waals surface area contributed by atoms with Gasteiger partial charge < -0.3 is 15.0 Å². The van der Waals surface area contributed by atoms with E-state index in [1.54, 1.807) is 7.11 Å². The number of ether oxygens (including phenoxy) is 1. The Morgan fingerprint density at radius 1 is 1.37 bits per heavy atom. The molecule has 0 saturated heterocycles. The number of hydrogen-bond donors (Lipinski definition) is 1. The summed E-state index contributed by atoms with van der Waals surface area (Å²) >= 11 is 0. The third kappa shape index (κ3) is 2.76.